The van der Waals surface area contributed by atoms with Gasteiger partial charge in [0.15, 0.2) is 0 Å². The fraction of sp³-hybridized carbons (Fsp3) is 0.875. The number of carbonyl (C=O) groups is 1. The van der Waals surface area contributed by atoms with E-state index in [1.165, 1.54) is 0 Å². The molecule has 0 aliphatic carbocycles. The van der Waals surface area contributed by atoms with Crippen molar-refractivity contribution < 1.29 is 14.3 Å². The van der Waals surface area contributed by atoms with E-state index in [-0.39, 0.29) is 12.7 Å². The van der Waals surface area contributed by atoms with Gasteiger partial charge in [-0.2, -0.15) is 0 Å². The lowest BCUT2D eigenvalue weighted by atomic mass is 10.2. The Morgan fingerprint density at radius 2 is 1.79 bits per heavy atom. The van der Waals surface area contributed by atoms with E-state index in [1.54, 1.807) is 0 Å². The van der Waals surface area contributed by atoms with Crippen LogP contribution in [0.3, 0.4) is 0 Å². The van der Waals surface area contributed by atoms with Crippen LogP contribution in [0.5, 0.6) is 0 Å². The van der Waals surface area contributed by atoms with Crippen molar-refractivity contribution in [3.63, 3.8) is 0 Å². The quantitative estimate of drug-likeness (QED) is 0.573. The molecule has 0 saturated carbocycles. The molecule has 0 radical (unpaired) electrons. The standard InChI is InChI=1S/C8H13Cl3O3/c1-3-6(4-2)14-7(12)13-5-8(9,10)11/h6H,3-5H2,1-2H3. The van der Waals surface area contributed by atoms with Gasteiger partial charge in [-0.05, 0) is 12.8 Å². The fourth-order valence-electron chi connectivity index (χ4n) is 0.766. The van der Waals surface area contributed by atoms with Crippen LogP contribution in [0.2, 0.25) is 0 Å². The summed E-state index contributed by atoms with van der Waals surface area (Å²) in [5, 5.41) is 0. The van der Waals surface area contributed by atoms with Crippen LogP contribution in [-0.2, 0) is 9.47 Å². The molecule has 0 amide bonds. The van der Waals surface area contributed by atoms with E-state index in [0.29, 0.717) is 0 Å². The summed E-state index contributed by atoms with van der Waals surface area (Å²) in [6.07, 6.45) is 0.529. The Bertz CT molecular complexity index is 175. The number of hydrogen-bond acceptors (Lipinski definition) is 3. The predicted molar refractivity (Wildman–Crippen MR) is 57.1 cm³/mol. The molecule has 0 spiro atoms. The number of alkyl halides is 3. The van der Waals surface area contributed by atoms with Gasteiger partial charge in [-0.1, -0.05) is 48.7 Å². The number of hydrogen-bond donors (Lipinski definition) is 0. The first-order valence-corrected chi connectivity index (χ1v) is 5.42. The van der Waals surface area contributed by atoms with E-state index < -0.39 is 9.95 Å². The lowest BCUT2D eigenvalue weighted by Gasteiger charge is -2.15. The second kappa shape index (κ2) is 6.59. The average Bonchev–Trinajstić information content (AvgIpc) is 2.09. The highest BCUT2D eigenvalue weighted by atomic mass is 35.6. The van der Waals surface area contributed by atoms with E-state index in [9.17, 15) is 4.79 Å². The fourth-order valence-corrected chi connectivity index (χ4v) is 0.930. The van der Waals surface area contributed by atoms with Crippen molar-refractivity contribution in [2.75, 3.05) is 6.61 Å². The van der Waals surface area contributed by atoms with Gasteiger partial charge in [0, 0.05) is 0 Å². The van der Waals surface area contributed by atoms with Crippen molar-refractivity contribution in [1.82, 2.24) is 0 Å². The molecule has 0 rings (SSSR count). The lowest BCUT2D eigenvalue weighted by Crippen LogP contribution is -2.22. The van der Waals surface area contributed by atoms with E-state index in [0.717, 1.165) is 12.8 Å². The van der Waals surface area contributed by atoms with Crippen molar-refractivity contribution in [1.29, 1.82) is 0 Å². The molecule has 0 atom stereocenters. The summed E-state index contributed by atoms with van der Waals surface area (Å²) in [5.74, 6) is 0. The first-order valence-electron chi connectivity index (χ1n) is 4.29. The molecule has 3 nitrogen and oxygen atoms in total. The van der Waals surface area contributed by atoms with Crippen LogP contribution in [0.15, 0.2) is 0 Å². The summed E-state index contributed by atoms with van der Waals surface area (Å²) in [5.41, 5.74) is 0. The van der Waals surface area contributed by atoms with Crippen molar-refractivity contribution in [3.05, 3.63) is 0 Å². The molecular formula is C8H13Cl3O3. The predicted octanol–water partition coefficient (Wildman–Crippen LogP) is 3.70. The largest absolute Gasteiger partial charge is 0.508 e. The van der Waals surface area contributed by atoms with Gasteiger partial charge in [-0.3, -0.25) is 0 Å². The van der Waals surface area contributed by atoms with E-state index >= 15 is 0 Å². The highest BCUT2D eigenvalue weighted by Gasteiger charge is 2.23. The van der Waals surface area contributed by atoms with Crippen molar-refractivity contribution in [2.24, 2.45) is 0 Å². The maximum absolute atomic E-state index is 11.0. The molecule has 84 valence electrons. The molecule has 0 aromatic carbocycles. The Labute approximate surface area is 98.6 Å². The third-order valence-electron chi connectivity index (χ3n) is 1.53. The zero-order valence-corrected chi connectivity index (χ0v) is 10.3. The van der Waals surface area contributed by atoms with E-state index in [4.69, 9.17) is 39.5 Å². The maximum atomic E-state index is 11.0. The first-order chi connectivity index (χ1) is 6.39. The summed E-state index contributed by atoms with van der Waals surface area (Å²) in [4.78, 5) is 11.0. The van der Waals surface area contributed by atoms with Gasteiger partial charge >= 0.3 is 6.16 Å². The minimum absolute atomic E-state index is 0.141. The first kappa shape index (κ1) is 14.1. The molecular weight excluding hydrogens is 250 g/mol. The van der Waals surface area contributed by atoms with Crippen LogP contribution >= 0.6 is 34.8 Å². The number of halogens is 3. The van der Waals surface area contributed by atoms with Crippen LogP contribution in [0.1, 0.15) is 26.7 Å². The zero-order valence-electron chi connectivity index (χ0n) is 8.06. The molecule has 0 fully saturated rings. The van der Waals surface area contributed by atoms with Gasteiger partial charge in [0.25, 0.3) is 0 Å². The van der Waals surface area contributed by atoms with Gasteiger partial charge in [-0.15, -0.1) is 0 Å². The van der Waals surface area contributed by atoms with Crippen LogP contribution in [-0.4, -0.2) is 22.7 Å². The number of rotatable bonds is 4. The minimum atomic E-state index is -1.59. The smallest absolute Gasteiger partial charge is 0.431 e. The molecule has 0 heterocycles. The molecule has 0 aromatic rings. The molecule has 0 aliphatic rings. The maximum Gasteiger partial charge on any atom is 0.508 e. The van der Waals surface area contributed by atoms with E-state index in [1.807, 2.05) is 13.8 Å². The van der Waals surface area contributed by atoms with Crippen LogP contribution in [0.4, 0.5) is 4.79 Å². The second-order valence-electron chi connectivity index (χ2n) is 2.71. The molecule has 0 aliphatic heterocycles. The number of ether oxygens (including phenoxy) is 2. The van der Waals surface area contributed by atoms with Crippen LogP contribution in [0, 0.1) is 0 Å². The molecule has 6 heteroatoms. The Morgan fingerprint density at radius 1 is 1.29 bits per heavy atom. The Balaban J connectivity index is 3.75. The van der Waals surface area contributed by atoms with Crippen LogP contribution < -0.4 is 0 Å². The molecule has 14 heavy (non-hydrogen) atoms. The van der Waals surface area contributed by atoms with Gasteiger partial charge in [0.1, 0.15) is 12.7 Å². The molecule has 0 bridgehead atoms. The summed E-state index contributed by atoms with van der Waals surface area (Å²) in [7, 11) is 0. The third-order valence-corrected chi connectivity index (χ3v) is 1.85. The summed E-state index contributed by atoms with van der Waals surface area (Å²) < 4.78 is 7.90. The van der Waals surface area contributed by atoms with Crippen LogP contribution in [0.25, 0.3) is 0 Å². The van der Waals surface area contributed by atoms with Gasteiger partial charge in [0.2, 0.25) is 3.79 Å². The highest BCUT2D eigenvalue weighted by Crippen LogP contribution is 2.26. The third kappa shape index (κ3) is 7.54. The highest BCUT2D eigenvalue weighted by molar-refractivity contribution is 6.67. The SMILES string of the molecule is CCC(CC)OC(=O)OCC(Cl)(Cl)Cl. The molecule has 0 N–H and O–H groups in total. The van der Waals surface area contributed by atoms with Gasteiger partial charge in [0.05, 0.1) is 0 Å². The molecule has 0 aromatic heterocycles. The Kier molecular flexibility index (Phi) is 6.66. The van der Waals surface area contributed by atoms with Crippen molar-refractivity contribution in [2.45, 2.75) is 36.6 Å². The van der Waals surface area contributed by atoms with Crippen molar-refractivity contribution >= 4 is 41.0 Å². The topological polar surface area (TPSA) is 35.5 Å². The minimum Gasteiger partial charge on any atom is -0.431 e. The van der Waals surface area contributed by atoms with Gasteiger partial charge in [-0.25, -0.2) is 4.79 Å². The summed E-state index contributed by atoms with van der Waals surface area (Å²) >= 11 is 16.1. The van der Waals surface area contributed by atoms with E-state index in [2.05, 4.69) is 4.74 Å². The summed E-state index contributed by atoms with van der Waals surface area (Å²) in [6.45, 7) is 3.52. The van der Waals surface area contributed by atoms with Gasteiger partial charge < -0.3 is 9.47 Å². The zero-order chi connectivity index (χ0) is 11.2. The Morgan fingerprint density at radius 3 is 2.14 bits per heavy atom. The second-order valence-corrected chi connectivity index (χ2v) is 5.23. The molecule has 0 unspecified atom stereocenters. The normalized spacial score (nSPS) is 11.6. The Hall–Kier alpha value is 0.140. The lowest BCUT2D eigenvalue weighted by molar-refractivity contribution is 0.0220. The average molecular weight is 264 g/mol. The van der Waals surface area contributed by atoms with Crippen molar-refractivity contribution in [3.8, 4) is 0 Å². The summed E-state index contributed by atoms with van der Waals surface area (Å²) in [6, 6.07) is 0. The number of carbonyl (C=O) groups excluding carboxylic acids is 1. The monoisotopic (exact) mass is 262 g/mol. The molecule has 0 saturated heterocycles.